The number of nitrogens with zero attached hydrogens (tertiary/aromatic N) is 3. The highest BCUT2D eigenvalue weighted by Gasteiger charge is 2.18. The van der Waals surface area contributed by atoms with E-state index in [9.17, 15) is 14.9 Å². The SMILES string of the molecule is N#CC(=Cc1c(Oc2ccccc2)nc2ccccn2c1=O)C(=O)Nc1ccccc1Cl. The van der Waals surface area contributed by atoms with Gasteiger partial charge in [-0.15, -0.1) is 0 Å². The molecule has 1 N–H and O–H groups in total. The molecular weight excluding hydrogens is 428 g/mol. The Hall–Kier alpha value is -4.41. The summed E-state index contributed by atoms with van der Waals surface area (Å²) in [7, 11) is 0. The molecule has 0 aliphatic carbocycles. The number of ether oxygens (including phenoxy) is 1. The van der Waals surface area contributed by atoms with Gasteiger partial charge in [-0.1, -0.05) is 48.0 Å². The summed E-state index contributed by atoms with van der Waals surface area (Å²) in [4.78, 5) is 30.3. The minimum atomic E-state index is -0.719. The van der Waals surface area contributed by atoms with Crippen LogP contribution in [0.2, 0.25) is 5.02 Å². The molecule has 1 amide bonds. The van der Waals surface area contributed by atoms with Crippen LogP contribution in [0.5, 0.6) is 11.6 Å². The summed E-state index contributed by atoms with van der Waals surface area (Å²) in [6.45, 7) is 0. The van der Waals surface area contributed by atoms with E-state index in [0.717, 1.165) is 0 Å². The highest BCUT2D eigenvalue weighted by Crippen LogP contribution is 2.25. The van der Waals surface area contributed by atoms with Crippen molar-refractivity contribution >= 4 is 34.9 Å². The van der Waals surface area contributed by atoms with Crippen LogP contribution < -0.4 is 15.6 Å². The number of pyridine rings is 1. The lowest BCUT2D eigenvalue weighted by Crippen LogP contribution is -2.20. The monoisotopic (exact) mass is 442 g/mol. The van der Waals surface area contributed by atoms with Gasteiger partial charge in [0.25, 0.3) is 11.5 Å². The average molecular weight is 443 g/mol. The van der Waals surface area contributed by atoms with Gasteiger partial charge in [0, 0.05) is 6.20 Å². The normalized spacial score (nSPS) is 11.1. The molecule has 8 heteroatoms. The molecule has 0 saturated heterocycles. The third kappa shape index (κ3) is 4.36. The van der Waals surface area contributed by atoms with Gasteiger partial charge in [0.15, 0.2) is 0 Å². The van der Waals surface area contributed by atoms with Crippen LogP contribution in [0, 0.1) is 11.3 Å². The van der Waals surface area contributed by atoms with Gasteiger partial charge in [-0.3, -0.25) is 14.0 Å². The van der Waals surface area contributed by atoms with E-state index in [1.165, 1.54) is 10.5 Å². The molecule has 7 nitrogen and oxygen atoms in total. The molecule has 0 aliphatic heterocycles. The molecule has 0 bridgehead atoms. The molecule has 0 radical (unpaired) electrons. The Morgan fingerprint density at radius 3 is 2.53 bits per heavy atom. The molecule has 0 fully saturated rings. The molecule has 4 rings (SSSR count). The summed E-state index contributed by atoms with van der Waals surface area (Å²) < 4.78 is 7.14. The van der Waals surface area contributed by atoms with Gasteiger partial charge in [-0.25, -0.2) is 0 Å². The smallest absolute Gasteiger partial charge is 0.269 e. The fourth-order valence-corrected chi connectivity index (χ4v) is 3.11. The van der Waals surface area contributed by atoms with Crippen LogP contribution in [0.1, 0.15) is 5.56 Å². The molecule has 4 aromatic rings. The Morgan fingerprint density at radius 1 is 1.06 bits per heavy atom. The van der Waals surface area contributed by atoms with Crippen molar-refractivity contribution in [1.29, 1.82) is 5.26 Å². The molecule has 2 heterocycles. The number of aromatic nitrogens is 2. The number of carbonyl (C=O) groups excluding carboxylic acids is 1. The Bertz CT molecular complexity index is 1440. The number of nitriles is 1. The standard InChI is InChI=1S/C24H15ClN4O3/c25-19-10-4-5-11-20(19)27-22(30)16(15-26)14-18-23(32-17-8-2-1-3-9-17)28-21-12-6-7-13-29(21)24(18)31/h1-14H,(H,27,30). The molecule has 32 heavy (non-hydrogen) atoms. The summed E-state index contributed by atoms with van der Waals surface area (Å²) >= 11 is 6.08. The van der Waals surface area contributed by atoms with Crippen molar-refractivity contribution in [3.05, 3.63) is 106 Å². The van der Waals surface area contributed by atoms with Crippen molar-refractivity contribution in [1.82, 2.24) is 9.38 Å². The fraction of sp³-hybridized carbons (Fsp3) is 0. The first-order valence-electron chi connectivity index (χ1n) is 9.49. The Balaban J connectivity index is 1.81. The van der Waals surface area contributed by atoms with Crippen LogP contribution in [0.25, 0.3) is 11.7 Å². The number of para-hydroxylation sites is 2. The number of amides is 1. The number of benzene rings is 2. The summed E-state index contributed by atoms with van der Waals surface area (Å²) in [6.07, 6.45) is 2.71. The number of nitrogens with one attached hydrogen (secondary N) is 1. The van der Waals surface area contributed by atoms with Crippen LogP contribution in [-0.4, -0.2) is 15.3 Å². The van der Waals surface area contributed by atoms with Crippen molar-refractivity contribution < 1.29 is 9.53 Å². The molecule has 156 valence electrons. The molecule has 0 atom stereocenters. The van der Waals surface area contributed by atoms with Gasteiger partial charge in [0.2, 0.25) is 5.88 Å². The van der Waals surface area contributed by atoms with E-state index in [2.05, 4.69) is 10.3 Å². The topological polar surface area (TPSA) is 96.5 Å². The molecule has 0 unspecified atom stereocenters. The highest BCUT2D eigenvalue weighted by atomic mass is 35.5. The fourth-order valence-electron chi connectivity index (χ4n) is 2.93. The Kier molecular flexibility index (Phi) is 5.97. The zero-order valence-electron chi connectivity index (χ0n) is 16.5. The first kappa shape index (κ1) is 20.8. The zero-order chi connectivity index (χ0) is 22.5. The highest BCUT2D eigenvalue weighted by molar-refractivity contribution is 6.34. The third-order valence-corrected chi connectivity index (χ3v) is 4.80. The first-order chi connectivity index (χ1) is 15.6. The van der Waals surface area contributed by atoms with E-state index >= 15 is 0 Å². The van der Waals surface area contributed by atoms with Crippen LogP contribution in [0.3, 0.4) is 0 Å². The van der Waals surface area contributed by atoms with Crippen LogP contribution in [-0.2, 0) is 4.79 Å². The van der Waals surface area contributed by atoms with Gasteiger partial charge in [-0.05, 0) is 42.5 Å². The van der Waals surface area contributed by atoms with Gasteiger partial charge in [-0.2, -0.15) is 10.2 Å². The number of halogens is 1. The van der Waals surface area contributed by atoms with E-state index in [0.29, 0.717) is 22.1 Å². The van der Waals surface area contributed by atoms with Gasteiger partial charge < -0.3 is 10.1 Å². The number of carbonyl (C=O) groups is 1. The number of fused-ring (bicyclic) bond motifs is 1. The van der Waals surface area contributed by atoms with Crippen LogP contribution in [0.15, 0.2) is 89.4 Å². The van der Waals surface area contributed by atoms with Crippen molar-refractivity contribution in [2.24, 2.45) is 0 Å². The summed E-state index contributed by atoms with van der Waals surface area (Å²) in [5.74, 6) is -0.289. The number of hydrogen-bond acceptors (Lipinski definition) is 5. The van der Waals surface area contributed by atoms with E-state index < -0.39 is 11.5 Å². The summed E-state index contributed by atoms with van der Waals surface area (Å²) in [5, 5.41) is 12.5. The zero-order valence-corrected chi connectivity index (χ0v) is 17.3. The van der Waals surface area contributed by atoms with E-state index in [1.807, 2.05) is 12.1 Å². The van der Waals surface area contributed by atoms with Crippen molar-refractivity contribution in [2.75, 3.05) is 5.32 Å². The first-order valence-corrected chi connectivity index (χ1v) is 9.86. The van der Waals surface area contributed by atoms with Gasteiger partial charge in [0.05, 0.1) is 10.7 Å². The van der Waals surface area contributed by atoms with E-state index in [-0.39, 0.29) is 17.0 Å². The maximum absolute atomic E-state index is 13.2. The number of anilines is 1. The molecule has 0 saturated carbocycles. The van der Waals surface area contributed by atoms with Crippen molar-refractivity contribution in [3.8, 4) is 17.7 Å². The largest absolute Gasteiger partial charge is 0.438 e. The van der Waals surface area contributed by atoms with Crippen LogP contribution >= 0.6 is 11.6 Å². The lowest BCUT2D eigenvalue weighted by molar-refractivity contribution is -0.112. The Labute approximate surface area is 187 Å². The third-order valence-electron chi connectivity index (χ3n) is 4.47. The molecule has 0 aliphatic rings. The molecule has 0 spiro atoms. The minimum absolute atomic E-state index is 0.0225. The number of hydrogen-bond donors (Lipinski definition) is 1. The average Bonchev–Trinajstić information content (AvgIpc) is 2.81. The second-order valence-corrected chi connectivity index (χ2v) is 6.99. The summed E-state index contributed by atoms with van der Waals surface area (Å²) in [5.41, 5.74) is -0.130. The maximum atomic E-state index is 13.2. The van der Waals surface area contributed by atoms with Crippen molar-refractivity contribution in [2.45, 2.75) is 0 Å². The summed E-state index contributed by atoms with van der Waals surface area (Å²) in [6, 6.07) is 22.3. The Morgan fingerprint density at radius 2 is 1.78 bits per heavy atom. The van der Waals surface area contributed by atoms with E-state index in [4.69, 9.17) is 16.3 Å². The second kappa shape index (κ2) is 9.16. The molecule has 2 aromatic heterocycles. The lowest BCUT2D eigenvalue weighted by atomic mass is 10.1. The molecule has 2 aromatic carbocycles. The van der Waals surface area contributed by atoms with Gasteiger partial charge in [0.1, 0.15) is 28.6 Å². The maximum Gasteiger partial charge on any atom is 0.269 e. The lowest BCUT2D eigenvalue weighted by Gasteiger charge is -2.10. The van der Waals surface area contributed by atoms with Crippen LogP contribution in [0.4, 0.5) is 5.69 Å². The predicted octanol–water partition coefficient (Wildman–Crippen LogP) is 4.69. The second-order valence-electron chi connectivity index (χ2n) is 6.58. The minimum Gasteiger partial charge on any atom is -0.438 e. The van der Waals surface area contributed by atoms with Crippen molar-refractivity contribution in [3.63, 3.8) is 0 Å². The quantitative estimate of drug-likeness (QED) is 0.357. The number of rotatable bonds is 5. The molecular formula is C24H15ClN4O3. The van der Waals surface area contributed by atoms with Gasteiger partial charge >= 0.3 is 0 Å². The predicted molar refractivity (Wildman–Crippen MR) is 122 cm³/mol. The van der Waals surface area contributed by atoms with E-state index in [1.54, 1.807) is 72.9 Å².